The topological polar surface area (TPSA) is 12.0 Å². The molecule has 0 amide bonds. The maximum atomic E-state index is 3.56. The van der Waals surface area contributed by atoms with Crippen LogP contribution in [0.4, 0.5) is 0 Å². The summed E-state index contributed by atoms with van der Waals surface area (Å²) in [5, 5.41) is 3.56. The summed E-state index contributed by atoms with van der Waals surface area (Å²) in [5.41, 5.74) is 0. The van der Waals surface area contributed by atoms with Crippen molar-refractivity contribution in [1.82, 2.24) is 5.32 Å². The minimum Gasteiger partial charge on any atom is -0.317 e. The van der Waals surface area contributed by atoms with Crippen molar-refractivity contribution in [2.75, 3.05) is 7.05 Å². The van der Waals surface area contributed by atoms with Crippen molar-refractivity contribution in [3.05, 3.63) is 0 Å². The average molecular weight is 392 g/mol. The Morgan fingerprint density at radius 3 is 1.46 bits per heavy atom. The standard InChI is InChI=1S/C27H53N/c1-12-27(28-11)26-14-25(26)22(10)19(7)21(9)24-13-23(24)20(8)18(6)17(5)16(4)15(2)3/h15-28H,12-14H2,1-11H3/t16?,17?,18?,19?,20?,21?,22?,23?,24-,25+,26?,27?/m0/s1. The smallest absolute Gasteiger partial charge is 0.00925 e. The summed E-state index contributed by atoms with van der Waals surface area (Å²) < 4.78 is 0. The quantitative estimate of drug-likeness (QED) is 0.366. The van der Waals surface area contributed by atoms with Crippen LogP contribution >= 0.6 is 0 Å². The molecule has 2 aliphatic carbocycles. The molecule has 0 aliphatic heterocycles. The summed E-state index contributed by atoms with van der Waals surface area (Å²) in [6.07, 6.45) is 4.24. The third-order valence-electron chi connectivity index (χ3n) is 10.3. The summed E-state index contributed by atoms with van der Waals surface area (Å²) in [6.45, 7) is 24.9. The second-order valence-electron chi connectivity index (χ2n) is 11.7. The van der Waals surface area contributed by atoms with E-state index in [0.29, 0.717) is 0 Å². The van der Waals surface area contributed by atoms with E-state index in [0.717, 1.165) is 77.1 Å². The predicted molar refractivity (Wildman–Crippen MR) is 125 cm³/mol. The Labute approximate surface area is 178 Å². The minimum atomic E-state index is 0.744. The molecule has 0 spiro atoms. The van der Waals surface area contributed by atoms with E-state index < -0.39 is 0 Å². The van der Waals surface area contributed by atoms with E-state index in [1.54, 1.807) is 0 Å². The third kappa shape index (κ3) is 5.16. The van der Waals surface area contributed by atoms with Crippen LogP contribution in [-0.2, 0) is 0 Å². The lowest BCUT2D eigenvalue weighted by molar-refractivity contribution is 0.149. The van der Waals surface area contributed by atoms with Crippen LogP contribution in [-0.4, -0.2) is 13.1 Å². The van der Waals surface area contributed by atoms with Gasteiger partial charge >= 0.3 is 0 Å². The molecule has 10 unspecified atom stereocenters. The Hall–Kier alpha value is -0.0400. The molecule has 0 aromatic rings. The van der Waals surface area contributed by atoms with Gasteiger partial charge in [-0.1, -0.05) is 69.2 Å². The van der Waals surface area contributed by atoms with Gasteiger partial charge in [-0.15, -0.1) is 0 Å². The normalized spacial score (nSPS) is 35.6. The maximum Gasteiger partial charge on any atom is 0.00925 e. The molecule has 1 N–H and O–H groups in total. The van der Waals surface area contributed by atoms with Gasteiger partial charge in [0.1, 0.15) is 0 Å². The van der Waals surface area contributed by atoms with Crippen molar-refractivity contribution in [2.24, 2.45) is 71.0 Å². The van der Waals surface area contributed by atoms with Crippen molar-refractivity contribution in [1.29, 1.82) is 0 Å². The molecule has 2 saturated carbocycles. The van der Waals surface area contributed by atoms with Gasteiger partial charge in [-0.05, 0) is 97.3 Å². The fraction of sp³-hybridized carbons (Fsp3) is 1.00. The van der Waals surface area contributed by atoms with Gasteiger partial charge in [-0.2, -0.15) is 0 Å². The second-order valence-corrected chi connectivity index (χ2v) is 11.7. The van der Waals surface area contributed by atoms with E-state index in [4.69, 9.17) is 0 Å². The summed E-state index contributed by atoms with van der Waals surface area (Å²) in [7, 11) is 2.15. The SMILES string of the molecule is CCC(NC)C1C[C@@H]1C(C)C(C)C(C)[C@@H]1CC1C(C)C(C)C(C)C(C)C(C)C. The average Bonchev–Trinajstić information content (AvgIpc) is 3.58. The van der Waals surface area contributed by atoms with Crippen molar-refractivity contribution >= 4 is 0 Å². The Balaban J connectivity index is 1.86. The van der Waals surface area contributed by atoms with Crippen molar-refractivity contribution in [3.8, 4) is 0 Å². The summed E-state index contributed by atoms with van der Waals surface area (Å²) in [5.74, 6) is 10.7. The summed E-state index contributed by atoms with van der Waals surface area (Å²) in [6, 6.07) is 0.744. The molecule has 0 bridgehead atoms. The zero-order chi connectivity index (χ0) is 21.3. The van der Waals surface area contributed by atoms with Gasteiger partial charge in [0.2, 0.25) is 0 Å². The van der Waals surface area contributed by atoms with Gasteiger partial charge in [0.05, 0.1) is 0 Å². The van der Waals surface area contributed by atoms with Crippen LogP contribution in [0.2, 0.25) is 0 Å². The van der Waals surface area contributed by atoms with Gasteiger partial charge in [0, 0.05) is 6.04 Å². The van der Waals surface area contributed by atoms with E-state index in [-0.39, 0.29) is 0 Å². The first-order valence-electron chi connectivity index (χ1n) is 12.7. The summed E-state index contributed by atoms with van der Waals surface area (Å²) >= 11 is 0. The lowest BCUT2D eigenvalue weighted by atomic mass is 9.72. The second kappa shape index (κ2) is 9.84. The Bertz CT molecular complexity index is 467. The van der Waals surface area contributed by atoms with Crippen molar-refractivity contribution in [2.45, 2.75) is 94.5 Å². The largest absolute Gasteiger partial charge is 0.317 e. The Morgan fingerprint density at radius 1 is 0.607 bits per heavy atom. The first-order chi connectivity index (χ1) is 13.1. The van der Waals surface area contributed by atoms with Crippen LogP contribution < -0.4 is 5.32 Å². The molecule has 0 aromatic carbocycles. The van der Waals surface area contributed by atoms with Crippen molar-refractivity contribution in [3.63, 3.8) is 0 Å². The van der Waals surface area contributed by atoms with E-state index in [1.807, 2.05) is 0 Å². The molecular weight excluding hydrogens is 338 g/mol. The summed E-state index contributed by atoms with van der Waals surface area (Å²) in [4.78, 5) is 0. The lowest BCUT2D eigenvalue weighted by Crippen LogP contribution is -2.29. The molecule has 12 atom stereocenters. The molecule has 28 heavy (non-hydrogen) atoms. The first kappa shape index (κ1) is 24.2. The fourth-order valence-corrected chi connectivity index (χ4v) is 6.68. The van der Waals surface area contributed by atoms with Crippen LogP contribution in [0, 0.1) is 71.0 Å². The Morgan fingerprint density at radius 2 is 1.04 bits per heavy atom. The molecule has 0 saturated heterocycles. The molecular formula is C27H53N. The molecule has 1 nitrogen and oxygen atoms in total. The van der Waals surface area contributed by atoms with Gasteiger partial charge in [-0.3, -0.25) is 0 Å². The van der Waals surface area contributed by atoms with E-state index in [1.165, 1.54) is 19.3 Å². The minimum absolute atomic E-state index is 0.744. The Kier molecular flexibility index (Phi) is 8.52. The molecule has 1 heteroatoms. The predicted octanol–water partition coefficient (Wildman–Crippen LogP) is 7.37. The van der Waals surface area contributed by atoms with Crippen molar-refractivity contribution < 1.29 is 0 Å². The molecule has 166 valence electrons. The fourth-order valence-electron chi connectivity index (χ4n) is 6.68. The number of rotatable bonds is 12. The van der Waals surface area contributed by atoms with Crippen LogP contribution in [0.15, 0.2) is 0 Å². The van der Waals surface area contributed by atoms with E-state index in [9.17, 15) is 0 Å². The number of hydrogen-bond acceptors (Lipinski definition) is 1. The van der Waals surface area contributed by atoms with E-state index in [2.05, 4.69) is 81.6 Å². The number of nitrogens with one attached hydrogen (secondary N) is 1. The maximum absolute atomic E-state index is 3.56. The molecule has 0 radical (unpaired) electrons. The molecule has 2 rings (SSSR count). The highest BCUT2D eigenvalue weighted by Crippen LogP contribution is 2.57. The monoisotopic (exact) mass is 391 g/mol. The first-order valence-corrected chi connectivity index (χ1v) is 12.7. The van der Waals surface area contributed by atoms with Gasteiger partial charge in [-0.25, -0.2) is 0 Å². The lowest BCUT2D eigenvalue weighted by Gasteiger charge is -2.34. The zero-order valence-electron chi connectivity index (χ0n) is 21.1. The van der Waals surface area contributed by atoms with Gasteiger partial charge < -0.3 is 5.32 Å². The molecule has 2 fully saturated rings. The van der Waals surface area contributed by atoms with Crippen LogP contribution in [0.3, 0.4) is 0 Å². The molecule has 0 aromatic heterocycles. The van der Waals surface area contributed by atoms with Gasteiger partial charge in [0.25, 0.3) is 0 Å². The van der Waals surface area contributed by atoms with E-state index >= 15 is 0 Å². The van der Waals surface area contributed by atoms with Crippen LogP contribution in [0.1, 0.15) is 88.5 Å². The van der Waals surface area contributed by atoms with Crippen LogP contribution in [0.5, 0.6) is 0 Å². The molecule has 2 aliphatic rings. The zero-order valence-corrected chi connectivity index (χ0v) is 21.1. The highest BCUT2D eigenvalue weighted by Gasteiger charge is 2.51. The molecule has 0 heterocycles. The van der Waals surface area contributed by atoms with Crippen LogP contribution in [0.25, 0.3) is 0 Å². The highest BCUT2D eigenvalue weighted by atomic mass is 14.9. The van der Waals surface area contributed by atoms with Gasteiger partial charge in [0.15, 0.2) is 0 Å². The number of hydrogen-bond donors (Lipinski definition) is 1. The third-order valence-corrected chi connectivity index (χ3v) is 10.3. The highest BCUT2D eigenvalue weighted by molar-refractivity contribution is 5.01.